The standard InChI is InChI=1S/C18H18N4O2S/c23-17(20-13-15-5-3-11-25-15)6-2-10-22-18(24)8-7-16(21-22)14-4-1-9-19-12-14/h1,3-5,7-9,11-12H,2,6,10,13H2,(H,20,23). The van der Waals surface area contributed by atoms with Crippen LogP contribution in [0.4, 0.5) is 0 Å². The van der Waals surface area contributed by atoms with E-state index in [4.69, 9.17) is 0 Å². The van der Waals surface area contributed by atoms with E-state index in [1.54, 1.807) is 29.8 Å². The summed E-state index contributed by atoms with van der Waals surface area (Å²) in [5.74, 6) is -0.0233. The summed E-state index contributed by atoms with van der Waals surface area (Å²) in [6, 6.07) is 10.8. The molecule has 0 aliphatic carbocycles. The van der Waals surface area contributed by atoms with Crippen LogP contribution in [0.25, 0.3) is 11.3 Å². The molecular weight excluding hydrogens is 336 g/mol. The molecule has 3 rings (SSSR count). The Hall–Kier alpha value is -2.80. The molecule has 6 nitrogen and oxygen atoms in total. The smallest absolute Gasteiger partial charge is 0.266 e. The van der Waals surface area contributed by atoms with E-state index in [0.29, 0.717) is 31.6 Å². The number of carbonyl (C=O) groups excluding carboxylic acids is 1. The molecule has 3 heterocycles. The second-order valence-corrected chi connectivity index (χ2v) is 6.51. The van der Waals surface area contributed by atoms with Gasteiger partial charge < -0.3 is 5.32 Å². The van der Waals surface area contributed by atoms with Crippen molar-refractivity contribution >= 4 is 17.2 Å². The van der Waals surface area contributed by atoms with Crippen molar-refractivity contribution in [2.24, 2.45) is 0 Å². The molecule has 128 valence electrons. The van der Waals surface area contributed by atoms with Gasteiger partial charge in [0.1, 0.15) is 0 Å². The van der Waals surface area contributed by atoms with Gasteiger partial charge in [-0.25, -0.2) is 4.68 Å². The third kappa shape index (κ3) is 4.84. The predicted octanol–water partition coefficient (Wildman–Crippen LogP) is 2.46. The molecule has 0 aliphatic heterocycles. The van der Waals surface area contributed by atoms with Gasteiger partial charge in [-0.05, 0) is 36.1 Å². The number of hydrogen-bond donors (Lipinski definition) is 1. The highest BCUT2D eigenvalue weighted by Gasteiger charge is 2.06. The van der Waals surface area contributed by atoms with Gasteiger partial charge in [-0.3, -0.25) is 14.6 Å². The molecule has 7 heteroatoms. The number of hydrogen-bond acceptors (Lipinski definition) is 5. The third-order valence-electron chi connectivity index (χ3n) is 3.64. The Morgan fingerprint density at radius 2 is 2.12 bits per heavy atom. The number of amides is 1. The summed E-state index contributed by atoms with van der Waals surface area (Å²) in [5.41, 5.74) is 1.37. The van der Waals surface area contributed by atoms with E-state index < -0.39 is 0 Å². The lowest BCUT2D eigenvalue weighted by Gasteiger charge is -2.07. The average Bonchev–Trinajstić information content (AvgIpc) is 3.16. The van der Waals surface area contributed by atoms with Crippen LogP contribution in [-0.2, 0) is 17.9 Å². The van der Waals surface area contributed by atoms with Crippen LogP contribution in [0.3, 0.4) is 0 Å². The zero-order valence-electron chi connectivity index (χ0n) is 13.6. The maximum atomic E-state index is 11.9. The molecule has 0 fully saturated rings. The molecule has 0 unspecified atom stereocenters. The highest BCUT2D eigenvalue weighted by molar-refractivity contribution is 7.09. The fraction of sp³-hybridized carbons (Fsp3) is 0.222. The molecule has 0 radical (unpaired) electrons. The van der Waals surface area contributed by atoms with Crippen LogP contribution in [0, 0.1) is 0 Å². The molecule has 0 aliphatic rings. The van der Waals surface area contributed by atoms with Crippen molar-refractivity contribution in [2.45, 2.75) is 25.9 Å². The Morgan fingerprint density at radius 3 is 2.88 bits per heavy atom. The van der Waals surface area contributed by atoms with Crippen molar-refractivity contribution in [1.29, 1.82) is 0 Å². The first kappa shape index (κ1) is 17.0. The van der Waals surface area contributed by atoms with Gasteiger partial charge in [0.25, 0.3) is 5.56 Å². The second-order valence-electron chi connectivity index (χ2n) is 5.48. The number of aryl methyl sites for hydroxylation is 1. The topological polar surface area (TPSA) is 76.9 Å². The molecule has 1 amide bonds. The average molecular weight is 354 g/mol. The van der Waals surface area contributed by atoms with Crippen molar-refractivity contribution < 1.29 is 4.79 Å². The lowest BCUT2D eigenvalue weighted by Crippen LogP contribution is -2.25. The summed E-state index contributed by atoms with van der Waals surface area (Å²) in [6.45, 7) is 0.949. The monoisotopic (exact) mass is 354 g/mol. The quantitative estimate of drug-likeness (QED) is 0.707. The van der Waals surface area contributed by atoms with Crippen molar-refractivity contribution in [1.82, 2.24) is 20.1 Å². The Bertz CT molecular complexity index is 876. The van der Waals surface area contributed by atoms with Crippen LogP contribution in [0.15, 0.2) is 59.0 Å². The molecule has 0 spiro atoms. The number of nitrogens with one attached hydrogen (secondary N) is 1. The minimum atomic E-state index is -0.174. The maximum absolute atomic E-state index is 11.9. The third-order valence-corrected chi connectivity index (χ3v) is 4.51. The summed E-state index contributed by atoms with van der Waals surface area (Å²) in [4.78, 5) is 29.0. The second kappa shape index (κ2) is 8.34. The molecule has 0 saturated carbocycles. The molecule has 0 aromatic carbocycles. The van der Waals surface area contributed by atoms with Crippen LogP contribution in [0.1, 0.15) is 17.7 Å². The van der Waals surface area contributed by atoms with Gasteiger partial charge in [0.05, 0.1) is 12.2 Å². The molecule has 0 atom stereocenters. The largest absolute Gasteiger partial charge is 0.351 e. The van der Waals surface area contributed by atoms with Gasteiger partial charge in [0.15, 0.2) is 0 Å². The van der Waals surface area contributed by atoms with Gasteiger partial charge >= 0.3 is 0 Å². The van der Waals surface area contributed by atoms with Crippen molar-refractivity contribution in [3.05, 3.63) is 69.4 Å². The molecule has 3 aromatic rings. The Kier molecular flexibility index (Phi) is 5.69. The Balaban J connectivity index is 1.54. The highest BCUT2D eigenvalue weighted by Crippen LogP contribution is 2.13. The molecule has 1 N–H and O–H groups in total. The number of aromatic nitrogens is 3. The van der Waals surface area contributed by atoms with E-state index in [-0.39, 0.29) is 11.5 Å². The van der Waals surface area contributed by atoms with Crippen LogP contribution in [0.5, 0.6) is 0 Å². The van der Waals surface area contributed by atoms with E-state index in [2.05, 4.69) is 15.4 Å². The minimum absolute atomic E-state index is 0.0233. The molecule has 25 heavy (non-hydrogen) atoms. The van der Waals surface area contributed by atoms with E-state index in [1.807, 2.05) is 29.6 Å². The molecular formula is C18H18N4O2S. The number of thiophene rings is 1. The fourth-order valence-corrected chi connectivity index (χ4v) is 3.00. The summed E-state index contributed by atoms with van der Waals surface area (Å²) < 4.78 is 1.40. The normalized spacial score (nSPS) is 10.6. The van der Waals surface area contributed by atoms with Gasteiger partial charge in [0, 0.05) is 41.9 Å². The van der Waals surface area contributed by atoms with Gasteiger partial charge in [-0.1, -0.05) is 6.07 Å². The molecule has 0 saturated heterocycles. The van der Waals surface area contributed by atoms with Gasteiger partial charge in [-0.2, -0.15) is 5.10 Å². The maximum Gasteiger partial charge on any atom is 0.266 e. The van der Waals surface area contributed by atoms with Crippen molar-refractivity contribution in [3.63, 3.8) is 0 Å². The van der Waals surface area contributed by atoms with Gasteiger partial charge in [-0.15, -0.1) is 11.3 Å². The first-order chi connectivity index (χ1) is 12.2. The van der Waals surface area contributed by atoms with Gasteiger partial charge in [0.2, 0.25) is 5.91 Å². The van der Waals surface area contributed by atoms with Crippen LogP contribution < -0.4 is 10.9 Å². The summed E-state index contributed by atoms with van der Waals surface area (Å²) >= 11 is 1.61. The van der Waals surface area contributed by atoms with Crippen molar-refractivity contribution in [3.8, 4) is 11.3 Å². The zero-order chi connectivity index (χ0) is 17.5. The van der Waals surface area contributed by atoms with Crippen molar-refractivity contribution in [2.75, 3.05) is 0 Å². The first-order valence-corrected chi connectivity index (χ1v) is 8.88. The fourth-order valence-electron chi connectivity index (χ4n) is 2.35. The Morgan fingerprint density at radius 1 is 1.20 bits per heavy atom. The van der Waals surface area contributed by atoms with Crippen LogP contribution in [0.2, 0.25) is 0 Å². The number of carbonyl (C=O) groups is 1. The van der Waals surface area contributed by atoms with Crippen LogP contribution >= 0.6 is 11.3 Å². The molecule has 0 bridgehead atoms. The predicted molar refractivity (Wildman–Crippen MR) is 97.1 cm³/mol. The minimum Gasteiger partial charge on any atom is -0.351 e. The first-order valence-electron chi connectivity index (χ1n) is 8.00. The lowest BCUT2D eigenvalue weighted by atomic mass is 10.2. The summed E-state index contributed by atoms with van der Waals surface area (Å²) in [7, 11) is 0. The van der Waals surface area contributed by atoms with E-state index in [0.717, 1.165) is 10.4 Å². The summed E-state index contributed by atoms with van der Waals surface area (Å²) in [5, 5.41) is 9.22. The SMILES string of the molecule is O=C(CCCn1nc(-c2cccnc2)ccc1=O)NCc1cccs1. The van der Waals surface area contributed by atoms with E-state index >= 15 is 0 Å². The van der Waals surface area contributed by atoms with Crippen LogP contribution in [-0.4, -0.2) is 20.7 Å². The van der Waals surface area contributed by atoms with E-state index in [9.17, 15) is 9.59 Å². The number of pyridine rings is 1. The number of nitrogens with zero attached hydrogens (tertiary/aromatic N) is 3. The lowest BCUT2D eigenvalue weighted by molar-refractivity contribution is -0.121. The zero-order valence-corrected chi connectivity index (χ0v) is 14.4. The number of rotatable bonds is 7. The molecule has 3 aromatic heterocycles. The van der Waals surface area contributed by atoms with E-state index in [1.165, 1.54) is 10.7 Å². The summed E-state index contributed by atoms with van der Waals surface area (Å²) in [6.07, 6.45) is 4.31. The highest BCUT2D eigenvalue weighted by atomic mass is 32.1. The Labute approximate surface area is 149 Å².